The second-order valence-corrected chi connectivity index (χ2v) is 7.13. The van der Waals surface area contributed by atoms with Gasteiger partial charge in [0, 0.05) is 22.8 Å². The van der Waals surface area contributed by atoms with Gasteiger partial charge in [-0.25, -0.2) is 9.97 Å². The Morgan fingerprint density at radius 1 is 1.00 bits per heavy atom. The predicted molar refractivity (Wildman–Crippen MR) is 119 cm³/mol. The Balaban J connectivity index is 1.68. The highest BCUT2D eigenvalue weighted by Gasteiger charge is 2.12. The molecule has 0 saturated heterocycles. The van der Waals surface area contributed by atoms with Crippen molar-refractivity contribution >= 4 is 34.1 Å². The summed E-state index contributed by atoms with van der Waals surface area (Å²) in [5.74, 6) is 0.00666. The lowest BCUT2D eigenvalue weighted by molar-refractivity contribution is 0.102. The Kier molecular flexibility index (Phi) is 5.04. The van der Waals surface area contributed by atoms with Gasteiger partial charge >= 0.3 is 0 Å². The van der Waals surface area contributed by atoms with E-state index in [1.807, 2.05) is 50.2 Å². The van der Waals surface area contributed by atoms with Gasteiger partial charge in [0.1, 0.15) is 0 Å². The van der Waals surface area contributed by atoms with Crippen molar-refractivity contribution in [3.63, 3.8) is 0 Å². The Morgan fingerprint density at radius 2 is 1.80 bits per heavy atom. The van der Waals surface area contributed by atoms with Crippen LogP contribution in [0.15, 0.2) is 60.8 Å². The van der Waals surface area contributed by atoms with E-state index in [0.717, 1.165) is 33.2 Å². The number of aryl methyl sites for hydroxylation is 2. The maximum absolute atomic E-state index is 12.9. The first-order chi connectivity index (χ1) is 14.4. The molecule has 0 saturated carbocycles. The average molecular weight is 399 g/mol. The number of benzene rings is 3. The zero-order valence-corrected chi connectivity index (χ0v) is 16.6. The maximum atomic E-state index is 12.9. The van der Waals surface area contributed by atoms with Gasteiger partial charge in [0.2, 0.25) is 5.95 Å². The minimum atomic E-state index is -0.230. The van der Waals surface area contributed by atoms with E-state index in [2.05, 4.69) is 20.8 Å². The summed E-state index contributed by atoms with van der Waals surface area (Å²) in [6.07, 6.45) is 1.69. The van der Waals surface area contributed by atoms with Crippen molar-refractivity contribution in [1.29, 1.82) is 0 Å². The summed E-state index contributed by atoms with van der Waals surface area (Å²) in [6.45, 7) is 3.89. The monoisotopic (exact) mass is 399 g/mol. The van der Waals surface area contributed by atoms with Crippen LogP contribution in [0.25, 0.3) is 22.0 Å². The van der Waals surface area contributed by atoms with Gasteiger partial charge in [0.05, 0.1) is 11.2 Å². The molecule has 0 bridgehead atoms. The van der Waals surface area contributed by atoms with Crippen LogP contribution in [-0.2, 0) is 0 Å². The molecule has 3 aromatic carbocycles. The summed E-state index contributed by atoms with van der Waals surface area (Å²) < 4.78 is 0. The minimum Gasteiger partial charge on any atom is -0.368 e. The molecule has 1 amide bonds. The lowest BCUT2D eigenvalue weighted by atomic mass is 9.97. The highest BCUT2D eigenvalue weighted by molar-refractivity contribution is 6.05. The molecule has 4 aromatic rings. The molecule has 4 rings (SSSR count). The summed E-state index contributed by atoms with van der Waals surface area (Å²) >= 11 is 0. The third kappa shape index (κ3) is 3.78. The lowest BCUT2D eigenvalue weighted by Gasteiger charge is -2.13. The van der Waals surface area contributed by atoms with E-state index in [1.54, 1.807) is 24.4 Å². The van der Waals surface area contributed by atoms with Crippen LogP contribution < -0.4 is 16.5 Å². The number of aromatic nitrogens is 2. The predicted octanol–water partition coefficient (Wildman–Crippen LogP) is 4.55. The van der Waals surface area contributed by atoms with E-state index in [-0.39, 0.29) is 11.9 Å². The van der Waals surface area contributed by atoms with Crippen molar-refractivity contribution in [2.45, 2.75) is 13.8 Å². The molecule has 0 spiro atoms. The first-order valence-electron chi connectivity index (χ1n) is 9.40. The summed E-state index contributed by atoms with van der Waals surface area (Å²) in [5.41, 5.74) is 14.0. The molecular formula is C23H21N5O2. The van der Waals surface area contributed by atoms with Crippen molar-refractivity contribution in [3.8, 4) is 11.1 Å². The van der Waals surface area contributed by atoms with Crippen LogP contribution in [0.4, 0.5) is 17.3 Å². The fourth-order valence-electron chi connectivity index (χ4n) is 3.31. The number of anilines is 3. The van der Waals surface area contributed by atoms with Gasteiger partial charge in [-0.3, -0.25) is 15.5 Å². The smallest absolute Gasteiger partial charge is 0.255 e. The number of rotatable bonds is 4. The molecule has 1 heterocycles. The lowest BCUT2D eigenvalue weighted by Crippen LogP contribution is -2.13. The Morgan fingerprint density at radius 3 is 2.60 bits per heavy atom. The van der Waals surface area contributed by atoms with E-state index in [1.165, 1.54) is 0 Å². The summed E-state index contributed by atoms with van der Waals surface area (Å²) in [4.78, 5) is 21.2. The Labute approximate surface area is 173 Å². The quantitative estimate of drug-likeness (QED) is 0.375. The first-order valence-corrected chi connectivity index (χ1v) is 9.40. The number of carbonyl (C=O) groups excluding carboxylic acids is 1. The normalized spacial score (nSPS) is 10.8. The fraction of sp³-hybridized carbons (Fsp3) is 0.0870. The molecule has 0 radical (unpaired) electrons. The molecule has 0 unspecified atom stereocenters. The molecule has 150 valence electrons. The van der Waals surface area contributed by atoms with Crippen LogP contribution in [0.5, 0.6) is 0 Å². The second-order valence-electron chi connectivity index (χ2n) is 7.13. The molecule has 0 aliphatic rings. The van der Waals surface area contributed by atoms with Crippen LogP contribution in [0.3, 0.4) is 0 Å². The van der Waals surface area contributed by atoms with Crippen LogP contribution >= 0.6 is 0 Å². The standard InChI is InChI=1S/C23H21N5O2/c1-13-3-5-16(22(29)26-21-11-18(28-30)7-4-14(21)2)10-19(13)15-6-8-20-17(9-15)12-25-23(24)27-20/h3-12,28,30H,1-2H3,(H,26,29)(H2,24,25,27). The van der Waals surface area contributed by atoms with E-state index < -0.39 is 0 Å². The summed E-state index contributed by atoms with van der Waals surface area (Å²) in [6, 6.07) is 16.6. The number of amides is 1. The van der Waals surface area contributed by atoms with Crippen LogP contribution in [0.2, 0.25) is 0 Å². The molecule has 7 heteroatoms. The number of fused-ring (bicyclic) bond motifs is 1. The summed E-state index contributed by atoms with van der Waals surface area (Å²) in [7, 11) is 0. The zero-order valence-electron chi connectivity index (χ0n) is 16.6. The van der Waals surface area contributed by atoms with Crippen molar-refractivity contribution in [3.05, 3.63) is 77.5 Å². The molecule has 30 heavy (non-hydrogen) atoms. The van der Waals surface area contributed by atoms with Crippen LogP contribution in [0.1, 0.15) is 21.5 Å². The van der Waals surface area contributed by atoms with Crippen LogP contribution in [0, 0.1) is 13.8 Å². The zero-order chi connectivity index (χ0) is 21.3. The number of hydrogen-bond acceptors (Lipinski definition) is 6. The fourth-order valence-corrected chi connectivity index (χ4v) is 3.31. The van der Waals surface area contributed by atoms with Crippen molar-refractivity contribution < 1.29 is 10.0 Å². The van der Waals surface area contributed by atoms with E-state index in [4.69, 9.17) is 10.9 Å². The molecule has 7 nitrogen and oxygen atoms in total. The molecule has 5 N–H and O–H groups in total. The van der Waals surface area contributed by atoms with Gasteiger partial charge in [0.25, 0.3) is 5.91 Å². The number of nitrogens with one attached hydrogen (secondary N) is 2. The number of nitrogens with zero attached hydrogens (tertiary/aromatic N) is 2. The van der Waals surface area contributed by atoms with Gasteiger partial charge in [0.15, 0.2) is 0 Å². The SMILES string of the molecule is Cc1ccc(NO)cc1NC(=O)c1ccc(C)c(-c2ccc3nc(N)ncc3c2)c1. The number of hydrogen-bond donors (Lipinski definition) is 4. The number of nitrogen functional groups attached to an aromatic ring is 1. The van der Waals surface area contributed by atoms with Crippen LogP contribution in [-0.4, -0.2) is 21.1 Å². The highest BCUT2D eigenvalue weighted by Crippen LogP contribution is 2.28. The average Bonchev–Trinajstić information content (AvgIpc) is 2.75. The summed E-state index contributed by atoms with van der Waals surface area (Å²) in [5, 5.41) is 12.9. The third-order valence-electron chi connectivity index (χ3n) is 5.02. The number of nitrogens with two attached hydrogens (primary N) is 1. The largest absolute Gasteiger partial charge is 0.368 e. The highest BCUT2D eigenvalue weighted by atomic mass is 16.5. The van der Waals surface area contributed by atoms with E-state index >= 15 is 0 Å². The maximum Gasteiger partial charge on any atom is 0.255 e. The topological polar surface area (TPSA) is 113 Å². The van der Waals surface area contributed by atoms with Gasteiger partial charge in [-0.2, -0.15) is 0 Å². The Hall–Kier alpha value is -3.97. The molecule has 1 aromatic heterocycles. The first kappa shape index (κ1) is 19.4. The van der Waals surface area contributed by atoms with Gasteiger partial charge in [-0.1, -0.05) is 18.2 Å². The van der Waals surface area contributed by atoms with Crippen molar-refractivity contribution in [2.75, 3.05) is 16.5 Å². The number of carbonyl (C=O) groups is 1. The van der Waals surface area contributed by atoms with Gasteiger partial charge < -0.3 is 11.1 Å². The van der Waals surface area contributed by atoms with Gasteiger partial charge in [-0.15, -0.1) is 0 Å². The van der Waals surface area contributed by atoms with Crippen molar-refractivity contribution in [2.24, 2.45) is 0 Å². The van der Waals surface area contributed by atoms with E-state index in [0.29, 0.717) is 16.9 Å². The molecular weight excluding hydrogens is 378 g/mol. The molecule has 0 aliphatic carbocycles. The second kappa shape index (κ2) is 7.81. The third-order valence-corrected chi connectivity index (χ3v) is 5.02. The van der Waals surface area contributed by atoms with Crippen molar-refractivity contribution in [1.82, 2.24) is 9.97 Å². The molecule has 0 aliphatic heterocycles. The Bertz CT molecular complexity index is 1270. The molecule has 0 fully saturated rings. The van der Waals surface area contributed by atoms with Gasteiger partial charge in [-0.05, 0) is 72.5 Å². The molecule has 0 atom stereocenters. The minimum absolute atomic E-state index is 0.230. The van der Waals surface area contributed by atoms with E-state index in [9.17, 15) is 4.79 Å².